The first kappa shape index (κ1) is 9.38. The van der Waals surface area contributed by atoms with E-state index in [1.807, 2.05) is 0 Å². The number of hydrogen-bond donors (Lipinski definition) is 0. The molecular weight excluding hydrogens is 173 g/mol. The number of benzene rings is 1. The molecular formula is C9H8FNO2. The Hall–Kier alpha value is -1.71. The smallest absolute Gasteiger partial charge is 0.235 e. The van der Waals surface area contributed by atoms with Crippen LogP contribution in [0.1, 0.15) is 11.1 Å². The van der Waals surface area contributed by atoms with Gasteiger partial charge in [-0.2, -0.15) is 0 Å². The van der Waals surface area contributed by atoms with E-state index in [4.69, 9.17) is 0 Å². The van der Waals surface area contributed by atoms with Gasteiger partial charge in [0.15, 0.2) is 0 Å². The van der Waals surface area contributed by atoms with Gasteiger partial charge in [-0.15, -0.1) is 0 Å². The van der Waals surface area contributed by atoms with E-state index < -0.39 is 4.92 Å². The average molecular weight is 181 g/mol. The van der Waals surface area contributed by atoms with Gasteiger partial charge in [-0.1, -0.05) is 6.07 Å². The van der Waals surface area contributed by atoms with Crippen molar-refractivity contribution < 1.29 is 9.31 Å². The highest BCUT2D eigenvalue weighted by Crippen LogP contribution is 2.11. The van der Waals surface area contributed by atoms with Gasteiger partial charge in [0, 0.05) is 6.08 Å². The van der Waals surface area contributed by atoms with Gasteiger partial charge in [-0.25, -0.2) is 4.39 Å². The van der Waals surface area contributed by atoms with Gasteiger partial charge in [0.25, 0.3) is 0 Å². The highest BCUT2D eigenvalue weighted by atomic mass is 19.1. The lowest BCUT2D eigenvalue weighted by atomic mass is 10.1. The average Bonchev–Trinajstić information content (AvgIpc) is 2.02. The Bertz CT molecular complexity index is 361. The van der Waals surface area contributed by atoms with Gasteiger partial charge >= 0.3 is 0 Å². The lowest BCUT2D eigenvalue weighted by molar-refractivity contribution is -0.400. The third-order valence-corrected chi connectivity index (χ3v) is 1.61. The SMILES string of the molecule is Cc1cc(F)ccc1C=C[N+](=O)[O-]. The van der Waals surface area contributed by atoms with Crippen LogP contribution in [0.3, 0.4) is 0 Å². The van der Waals surface area contributed by atoms with Crippen molar-refractivity contribution in [2.45, 2.75) is 6.92 Å². The molecule has 0 amide bonds. The first-order valence-corrected chi connectivity index (χ1v) is 3.67. The minimum atomic E-state index is -0.553. The number of aryl methyl sites for hydroxylation is 1. The lowest BCUT2D eigenvalue weighted by Gasteiger charge is -1.97. The van der Waals surface area contributed by atoms with E-state index >= 15 is 0 Å². The summed E-state index contributed by atoms with van der Waals surface area (Å²) in [5, 5.41) is 10.00. The van der Waals surface area contributed by atoms with Crippen molar-refractivity contribution in [2.24, 2.45) is 0 Å². The van der Waals surface area contributed by atoms with Crippen LogP contribution in [0.15, 0.2) is 24.4 Å². The fourth-order valence-electron chi connectivity index (χ4n) is 0.967. The maximum Gasteiger partial charge on any atom is 0.235 e. The summed E-state index contributed by atoms with van der Waals surface area (Å²) in [4.78, 5) is 9.44. The Labute approximate surface area is 74.7 Å². The van der Waals surface area contributed by atoms with Crippen LogP contribution < -0.4 is 0 Å². The van der Waals surface area contributed by atoms with E-state index in [1.165, 1.54) is 24.3 Å². The zero-order valence-electron chi connectivity index (χ0n) is 7.03. The van der Waals surface area contributed by atoms with Gasteiger partial charge in [-0.3, -0.25) is 10.1 Å². The topological polar surface area (TPSA) is 43.1 Å². The summed E-state index contributed by atoms with van der Waals surface area (Å²) in [5.74, 6) is -0.337. The fourth-order valence-corrected chi connectivity index (χ4v) is 0.967. The maximum atomic E-state index is 12.6. The predicted octanol–water partition coefficient (Wildman–Crippen LogP) is 2.38. The van der Waals surface area contributed by atoms with Gasteiger partial charge < -0.3 is 0 Å². The van der Waals surface area contributed by atoms with Crippen LogP contribution in [0.25, 0.3) is 6.08 Å². The van der Waals surface area contributed by atoms with E-state index in [1.54, 1.807) is 6.92 Å². The standard InChI is InChI=1S/C9H8FNO2/c1-7-6-9(10)3-2-8(7)4-5-11(12)13/h2-6H,1H3. The van der Waals surface area contributed by atoms with Crippen molar-refractivity contribution in [1.29, 1.82) is 0 Å². The molecule has 0 spiro atoms. The molecule has 0 saturated heterocycles. The van der Waals surface area contributed by atoms with E-state index in [-0.39, 0.29) is 5.82 Å². The molecule has 0 atom stereocenters. The molecule has 0 aliphatic carbocycles. The normalized spacial score (nSPS) is 10.6. The molecule has 0 saturated carbocycles. The van der Waals surface area contributed by atoms with Crippen LogP contribution in [0.2, 0.25) is 0 Å². The van der Waals surface area contributed by atoms with Crippen molar-refractivity contribution in [1.82, 2.24) is 0 Å². The Morgan fingerprint density at radius 2 is 2.23 bits per heavy atom. The molecule has 0 unspecified atom stereocenters. The van der Waals surface area contributed by atoms with Gasteiger partial charge in [0.1, 0.15) is 5.82 Å². The quantitative estimate of drug-likeness (QED) is 0.519. The summed E-state index contributed by atoms with van der Waals surface area (Å²) in [6.45, 7) is 1.70. The molecule has 1 aromatic rings. The summed E-state index contributed by atoms with van der Waals surface area (Å²) in [7, 11) is 0. The van der Waals surface area contributed by atoms with Crippen molar-refractivity contribution in [2.75, 3.05) is 0 Å². The monoisotopic (exact) mass is 181 g/mol. The highest BCUT2D eigenvalue weighted by Gasteiger charge is 1.97. The van der Waals surface area contributed by atoms with E-state index in [2.05, 4.69) is 0 Å². The number of nitrogens with zero attached hydrogens (tertiary/aromatic N) is 1. The minimum absolute atomic E-state index is 0.337. The second kappa shape index (κ2) is 3.80. The van der Waals surface area contributed by atoms with Crippen LogP contribution in [-0.2, 0) is 0 Å². The molecule has 0 fully saturated rings. The lowest BCUT2D eigenvalue weighted by Crippen LogP contribution is -1.86. The molecule has 0 N–H and O–H groups in total. The zero-order valence-corrected chi connectivity index (χ0v) is 7.03. The summed E-state index contributed by atoms with van der Waals surface area (Å²) in [6.07, 6.45) is 2.18. The van der Waals surface area contributed by atoms with Crippen molar-refractivity contribution in [3.05, 3.63) is 51.5 Å². The number of halogens is 1. The first-order chi connectivity index (χ1) is 6.09. The predicted molar refractivity (Wildman–Crippen MR) is 47.2 cm³/mol. The molecule has 0 aliphatic heterocycles. The summed E-state index contributed by atoms with van der Waals surface area (Å²) < 4.78 is 12.6. The minimum Gasteiger partial charge on any atom is -0.259 e. The summed E-state index contributed by atoms with van der Waals surface area (Å²) in [5.41, 5.74) is 1.33. The summed E-state index contributed by atoms with van der Waals surface area (Å²) >= 11 is 0. The number of rotatable bonds is 2. The molecule has 1 rings (SSSR count). The van der Waals surface area contributed by atoms with Gasteiger partial charge in [-0.05, 0) is 30.2 Å². The molecule has 68 valence electrons. The second-order valence-corrected chi connectivity index (χ2v) is 2.60. The zero-order chi connectivity index (χ0) is 9.84. The van der Waals surface area contributed by atoms with E-state index in [0.717, 1.165) is 6.20 Å². The summed E-state index contributed by atoms with van der Waals surface area (Å²) in [6, 6.07) is 4.11. The molecule has 0 heterocycles. The highest BCUT2D eigenvalue weighted by molar-refractivity contribution is 5.52. The van der Waals surface area contributed by atoms with E-state index in [9.17, 15) is 14.5 Å². The van der Waals surface area contributed by atoms with Gasteiger partial charge in [0.2, 0.25) is 6.20 Å². The molecule has 0 aliphatic rings. The third-order valence-electron chi connectivity index (χ3n) is 1.61. The number of hydrogen-bond acceptors (Lipinski definition) is 2. The Morgan fingerprint density at radius 3 is 2.77 bits per heavy atom. The molecule has 0 radical (unpaired) electrons. The Balaban J connectivity index is 2.96. The molecule has 0 aromatic heterocycles. The van der Waals surface area contributed by atoms with Crippen LogP contribution in [0, 0.1) is 22.9 Å². The van der Waals surface area contributed by atoms with Crippen LogP contribution in [0.5, 0.6) is 0 Å². The molecule has 4 heteroatoms. The van der Waals surface area contributed by atoms with Gasteiger partial charge in [0.05, 0.1) is 4.92 Å². The molecule has 1 aromatic carbocycles. The van der Waals surface area contributed by atoms with E-state index in [0.29, 0.717) is 11.1 Å². The van der Waals surface area contributed by atoms with Crippen molar-refractivity contribution >= 4 is 6.08 Å². The van der Waals surface area contributed by atoms with Crippen LogP contribution >= 0.6 is 0 Å². The molecule has 0 bridgehead atoms. The van der Waals surface area contributed by atoms with Crippen molar-refractivity contribution in [3.8, 4) is 0 Å². The molecule has 3 nitrogen and oxygen atoms in total. The van der Waals surface area contributed by atoms with Crippen LogP contribution in [-0.4, -0.2) is 4.92 Å². The Kier molecular flexibility index (Phi) is 2.74. The first-order valence-electron chi connectivity index (χ1n) is 3.67. The molecule has 13 heavy (non-hydrogen) atoms. The largest absolute Gasteiger partial charge is 0.259 e. The van der Waals surface area contributed by atoms with Crippen molar-refractivity contribution in [3.63, 3.8) is 0 Å². The maximum absolute atomic E-state index is 12.6. The number of nitro groups is 1. The fraction of sp³-hybridized carbons (Fsp3) is 0.111. The third kappa shape index (κ3) is 2.66. The second-order valence-electron chi connectivity index (χ2n) is 2.60. The van der Waals surface area contributed by atoms with Crippen LogP contribution in [0.4, 0.5) is 4.39 Å². The Morgan fingerprint density at radius 1 is 1.54 bits per heavy atom.